The molecule has 40 heavy (non-hydrogen) atoms. The zero-order chi connectivity index (χ0) is 32.6. The molecule has 0 atom stereocenters. The van der Waals surface area contributed by atoms with Crippen LogP contribution in [0.3, 0.4) is 0 Å². The predicted octanol–water partition coefficient (Wildman–Crippen LogP) is 7.26. The van der Waals surface area contributed by atoms with E-state index < -0.39 is 32.5 Å². The molecule has 0 fully saturated rings. The van der Waals surface area contributed by atoms with Crippen LogP contribution in [0.4, 0.5) is 0 Å². The topological polar surface area (TPSA) is 102 Å². The van der Waals surface area contributed by atoms with Crippen LogP contribution >= 0.6 is 0 Å². The van der Waals surface area contributed by atoms with Crippen molar-refractivity contribution < 1.29 is 61.5 Å². The Kier molecular flexibility index (Phi) is 19.2. The van der Waals surface area contributed by atoms with Crippen LogP contribution in [0.5, 0.6) is 0 Å². The first-order chi connectivity index (χ1) is 16.6. The van der Waals surface area contributed by atoms with Crippen LogP contribution in [-0.2, 0) is 61.5 Å². The molecule has 0 aromatic rings. The van der Waals surface area contributed by atoms with Gasteiger partial charge in [0.2, 0.25) is 0 Å². The van der Waals surface area contributed by atoms with Crippen LogP contribution in [0, 0.1) is 53.3 Å². The molecule has 0 saturated carbocycles. The molecule has 0 aliphatic heterocycles. The van der Waals surface area contributed by atoms with E-state index in [2.05, 4.69) is 20.8 Å². The van der Waals surface area contributed by atoms with Gasteiger partial charge in [0, 0.05) is 16.2 Å². The molecule has 0 amide bonds. The molecule has 0 N–H and O–H groups in total. The van der Waals surface area contributed by atoms with E-state index in [1.54, 1.807) is 41.5 Å². The third kappa shape index (κ3) is 21.8. The summed E-state index contributed by atoms with van der Waals surface area (Å²) < 4.78 is 0. The quantitative estimate of drug-likeness (QED) is 0.195. The summed E-state index contributed by atoms with van der Waals surface area (Å²) in [4.78, 5) is 68.7. The number of hydrogen-bond donors (Lipinski definition) is 0. The third-order valence-electron chi connectivity index (χ3n) is 5.74. The van der Waals surface area contributed by atoms with E-state index in [4.69, 9.17) is 0 Å². The van der Waals surface area contributed by atoms with E-state index in [9.17, 15) is 28.8 Å². The summed E-state index contributed by atoms with van der Waals surface area (Å²) in [5.41, 5.74) is -3.24. The summed E-state index contributed by atoms with van der Waals surface area (Å²) >= 11 is 0. The monoisotopic (exact) mass is 638 g/mol. The second kappa shape index (κ2) is 16.7. The van der Waals surface area contributed by atoms with Gasteiger partial charge >= 0.3 is 32.7 Å². The molecule has 0 bridgehead atoms. The molecule has 0 unspecified atom stereocenters. The number of rotatable bonds is 9. The van der Waals surface area contributed by atoms with Gasteiger partial charge in [-0.15, -0.1) is 16.2 Å². The normalized spacial score (nSPS) is 12.4. The van der Waals surface area contributed by atoms with Crippen molar-refractivity contribution in [2.45, 2.75) is 123 Å². The zero-order valence-corrected chi connectivity index (χ0v) is 31.1. The molecular formula is C33H57O6Y. The van der Waals surface area contributed by atoms with Gasteiger partial charge in [0.1, 0.15) is 34.7 Å². The minimum absolute atomic E-state index is 0. The number of carbonyl (C=O) groups excluding carboxylic acids is 6. The van der Waals surface area contributed by atoms with Gasteiger partial charge < -0.3 is 35.2 Å². The molecule has 0 aromatic heterocycles. The van der Waals surface area contributed by atoms with Gasteiger partial charge in [-0.1, -0.05) is 104 Å². The van der Waals surface area contributed by atoms with Crippen LogP contribution < -0.4 is 0 Å². The Labute approximate surface area is 271 Å². The summed E-state index contributed by atoms with van der Waals surface area (Å²) in [6.07, 6.45) is -0.000000000000000666. The Bertz CT molecular complexity index is 693. The number of carbonyl (C=O) groups is 6. The maximum absolute atomic E-state index is 11.5. The van der Waals surface area contributed by atoms with Crippen molar-refractivity contribution in [2.24, 2.45) is 32.5 Å². The molecule has 0 aliphatic carbocycles. The van der Waals surface area contributed by atoms with E-state index in [-0.39, 0.29) is 86.7 Å². The first-order valence-electron chi connectivity index (χ1n) is 13.4. The van der Waals surface area contributed by atoms with Crippen molar-refractivity contribution in [1.82, 2.24) is 0 Å². The fourth-order valence-electron chi connectivity index (χ4n) is 1.95. The second-order valence-corrected chi connectivity index (χ2v) is 15.5. The summed E-state index contributed by atoms with van der Waals surface area (Å²) in [6, 6.07) is 0. The average Bonchev–Trinajstić information content (AvgIpc) is 2.64. The molecule has 7 heteroatoms. The minimum atomic E-state index is -0.652. The van der Waals surface area contributed by atoms with Crippen molar-refractivity contribution >= 4 is 34.7 Å². The van der Waals surface area contributed by atoms with Crippen LogP contribution in [0.25, 0.3) is 0 Å². The Morgan fingerprint density at radius 3 is 0.550 bits per heavy atom. The molecular weight excluding hydrogens is 581 g/mol. The number of Topliss-reactive ketones (excluding diaryl/α,β-unsaturated/α-hetero) is 6. The molecule has 0 saturated heterocycles. The van der Waals surface area contributed by atoms with Crippen molar-refractivity contribution in [2.75, 3.05) is 0 Å². The molecule has 6 nitrogen and oxygen atoms in total. The van der Waals surface area contributed by atoms with E-state index in [0.717, 1.165) is 0 Å². The van der Waals surface area contributed by atoms with Gasteiger partial charge in [-0.2, -0.15) is 0 Å². The number of hydrogen-bond acceptors (Lipinski definition) is 6. The summed E-state index contributed by atoms with van der Waals surface area (Å²) in [7, 11) is 0. The zero-order valence-electron chi connectivity index (χ0n) is 28.3. The molecule has 0 radical (unpaired) electrons. The fourth-order valence-corrected chi connectivity index (χ4v) is 1.95. The Hall–Kier alpha value is -0.876. The van der Waals surface area contributed by atoms with Gasteiger partial charge in [0.05, 0.1) is 19.3 Å². The second-order valence-electron chi connectivity index (χ2n) is 15.5. The first-order valence-corrected chi connectivity index (χ1v) is 13.4. The molecule has 0 rings (SSSR count). The molecule has 0 aliphatic rings. The van der Waals surface area contributed by atoms with Crippen LogP contribution in [0.2, 0.25) is 0 Å². The predicted molar refractivity (Wildman–Crippen MR) is 160 cm³/mol. The van der Waals surface area contributed by atoms with Crippen molar-refractivity contribution in [3.8, 4) is 0 Å². The standard InChI is InChI=1S/3C11H19O2.Y/c3*1-10(2,3)8(12)7-9(13)11(4,5)6;/h3*1,7H2,2-6H3;/q3*-1;+3. The van der Waals surface area contributed by atoms with Crippen molar-refractivity contribution in [3.63, 3.8) is 0 Å². The smallest absolute Gasteiger partial charge is 0.331 e. The third-order valence-corrected chi connectivity index (χ3v) is 5.74. The fraction of sp³-hybridized carbons (Fsp3) is 0.727. The SMILES string of the molecule is [CH2-]C(C)(C)C(=O)CC(=O)C(C)(C)C.[CH2-]C(C)(C)C(=O)CC(=O)C(C)(C)C.[CH2-]C(C)(C)C(=O)CC(=O)C(C)(C)C.[Y+3]. The van der Waals surface area contributed by atoms with Crippen LogP contribution in [0.1, 0.15) is 123 Å². The van der Waals surface area contributed by atoms with Gasteiger partial charge in [-0.3, -0.25) is 14.4 Å². The average molecular weight is 639 g/mol. The largest absolute Gasteiger partial charge is 3.00 e. The minimum Gasteiger partial charge on any atom is -0.331 e. The summed E-state index contributed by atoms with van der Waals surface area (Å²) in [5.74, 6) is -0.329. The van der Waals surface area contributed by atoms with E-state index in [1.165, 1.54) is 0 Å². The van der Waals surface area contributed by atoms with Crippen LogP contribution in [-0.4, -0.2) is 34.7 Å². The van der Waals surface area contributed by atoms with Gasteiger partial charge in [-0.25, -0.2) is 0 Å². The van der Waals surface area contributed by atoms with E-state index in [1.807, 2.05) is 62.3 Å². The van der Waals surface area contributed by atoms with E-state index in [0.29, 0.717) is 0 Å². The molecule has 0 spiro atoms. The maximum atomic E-state index is 11.5. The van der Waals surface area contributed by atoms with Gasteiger partial charge in [0.15, 0.2) is 0 Å². The molecule has 0 aromatic carbocycles. The molecule has 228 valence electrons. The first kappa shape index (κ1) is 46.1. The Morgan fingerprint density at radius 1 is 0.350 bits per heavy atom. The van der Waals surface area contributed by atoms with Gasteiger partial charge in [-0.05, 0) is 0 Å². The Balaban J connectivity index is -0.000000240. The maximum Gasteiger partial charge on any atom is 3.00 e. The Morgan fingerprint density at radius 2 is 0.475 bits per heavy atom. The van der Waals surface area contributed by atoms with Crippen molar-refractivity contribution in [1.29, 1.82) is 0 Å². The van der Waals surface area contributed by atoms with Gasteiger partial charge in [0.25, 0.3) is 0 Å². The van der Waals surface area contributed by atoms with Crippen molar-refractivity contribution in [3.05, 3.63) is 20.8 Å². The summed E-state index contributed by atoms with van der Waals surface area (Å²) in [6.45, 7) is 37.8. The summed E-state index contributed by atoms with van der Waals surface area (Å²) in [5, 5.41) is 0. The van der Waals surface area contributed by atoms with E-state index >= 15 is 0 Å². The number of ketones is 6. The molecule has 0 heterocycles. The van der Waals surface area contributed by atoms with Crippen LogP contribution in [0.15, 0.2) is 0 Å².